The maximum atomic E-state index is 7.22. The zero-order valence-electron chi connectivity index (χ0n) is 10.2. The first-order valence-corrected chi connectivity index (χ1v) is 6.04. The summed E-state index contributed by atoms with van der Waals surface area (Å²) in [5.41, 5.74) is 3.21. The second kappa shape index (κ2) is 4.26. The van der Waals surface area contributed by atoms with Crippen LogP contribution < -0.4 is 0 Å². The number of nitrogens with zero attached hydrogens (tertiary/aromatic N) is 1. The molecule has 0 radical (unpaired) electrons. The van der Waals surface area contributed by atoms with Gasteiger partial charge in [-0.05, 0) is 24.3 Å². The Kier molecular flexibility index (Phi) is 2.59. The molecule has 0 saturated heterocycles. The average molecular weight is 238 g/mol. The summed E-state index contributed by atoms with van der Waals surface area (Å²) < 4.78 is 5.84. The molecule has 3 heteroatoms. The molecule has 1 aromatic heterocycles. The van der Waals surface area contributed by atoms with Gasteiger partial charge in [0, 0.05) is 41.6 Å². The van der Waals surface area contributed by atoms with E-state index in [1.807, 2.05) is 24.3 Å². The minimum absolute atomic E-state index is 0.349. The van der Waals surface area contributed by atoms with Gasteiger partial charge in [-0.2, -0.15) is 0 Å². The van der Waals surface area contributed by atoms with Gasteiger partial charge in [-0.25, -0.2) is 0 Å². The van der Waals surface area contributed by atoms with E-state index >= 15 is 0 Å². The molecule has 0 amide bonds. The van der Waals surface area contributed by atoms with Gasteiger partial charge < -0.3 is 9.83 Å². The molecule has 3 rings (SSSR count). The predicted molar refractivity (Wildman–Crippen MR) is 75.1 cm³/mol. The van der Waals surface area contributed by atoms with Crippen LogP contribution in [0, 0.1) is 5.41 Å². The summed E-state index contributed by atoms with van der Waals surface area (Å²) in [5.74, 6) is 2.15. The van der Waals surface area contributed by atoms with Gasteiger partial charge in [0.05, 0.1) is 0 Å². The highest BCUT2D eigenvalue weighted by atomic mass is 16.3. The number of allylic oxidation sites excluding steroid dienone is 3. The molecule has 3 nitrogen and oxygen atoms in total. The van der Waals surface area contributed by atoms with Crippen LogP contribution in [0.3, 0.4) is 0 Å². The SMILES string of the molecule is C[C@H]1C=Cc2oc3c1c2/C=C(\CC=N)N=CC=C3. The first kappa shape index (κ1) is 11.0. The molecular weight excluding hydrogens is 224 g/mol. The van der Waals surface area contributed by atoms with Crippen LogP contribution in [0.5, 0.6) is 0 Å². The van der Waals surface area contributed by atoms with Gasteiger partial charge in [0.2, 0.25) is 0 Å². The topological polar surface area (TPSA) is 49.4 Å². The fraction of sp³-hybridized carbons (Fsp3) is 0.200. The van der Waals surface area contributed by atoms with E-state index in [4.69, 9.17) is 9.83 Å². The monoisotopic (exact) mass is 238 g/mol. The summed E-state index contributed by atoms with van der Waals surface area (Å²) in [4.78, 5) is 4.36. The van der Waals surface area contributed by atoms with E-state index in [1.165, 1.54) is 11.8 Å². The first-order chi connectivity index (χ1) is 8.79. The molecule has 1 aliphatic heterocycles. The fourth-order valence-electron chi connectivity index (χ4n) is 2.38. The zero-order valence-corrected chi connectivity index (χ0v) is 10.2. The average Bonchev–Trinajstić information content (AvgIpc) is 2.65. The molecule has 90 valence electrons. The highest BCUT2D eigenvalue weighted by Gasteiger charge is 2.23. The molecular formula is C15H14N2O. The third-order valence-electron chi connectivity index (χ3n) is 3.23. The van der Waals surface area contributed by atoms with Crippen LogP contribution in [0.4, 0.5) is 0 Å². The summed E-state index contributed by atoms with van der Waals surface area (Å²) in [7, 11) is 0. The molecule has 0 fully saturated rings. The van der Waals surface area contributed by atoms with E-state index in [9.17, 15) is 0 Å². The first-order valence-electron chi connectivity index (χ1n) is 6.04. The van der Waals surface area contributed by atoms with Crippen molar-refractivity contribution in [3.05, 3.63) is 40.5 Å². The number of aliphatic imine (C=N–C) groups is 1. The van der Waals surface area contributed by atoms with Crippen molar-refractivity contribution < 1.29 is 4.42 Å². The van der Waals surface area contributed by atoms with Crippen molar-refractivity contribution in [3.63, 3.8) is 0 Å². The number of furan rings is 1. The third kappa shape index (κ3) is 1.68. The Morgan fingerprint density at radius 1 is 1.39 bits per heavy atom. The van der Waals surface area contributed by atoms with Gasteiger partial charge in [-0.3, -0.25) is 4.99 Å². The molecule has 1 aromatic rings. The van der Waals surface area contributed by atoms with Gasteiger partial charge in [-0.1, -0.05) is 13.0 Å². The minimum atomic E-state index is 0.349. The number of hydrogen-bond donors (Lipinski definition) is 1. The molecule has 1 aliphatic carbocycles. The Labute approximate surface area is 106 Å². The lowest BCUT2D eigenvalue weighted by Crippen LogP contribution is -1.96. The molecule has 1 atom stereocenters. The van der Waals surface area contributed by atoms with Crippen LogP contribution >= 0.6 is 0 Å². The van der Waals surface area contributed by atoms with Gasteiger partial charge in [0.15, 0.2) is 0 Å². The van der Waals surface area contributed by atoms with Crippen molar-refractivity contribution in [2.24, 2.45) is 4.99 Å². The Bertz CT molecular complexity index is 615. The lowest BCUT2D eigenvalue weighted by atomic mass is 9.91. The Hall–Kier alpha value is -2.16. The van der Waals surface area contributed by atoms with Crippen LogP contribution in [0.15, 0.2) is 27.3 Å². The normalized spacial score (nSPS) is 22.9. The maximum Gasteiger partial charge on any atom is 0.134 e. The third-order valence-corrected chi connectivity index (χ3v) is 3.23. The Morgan fingerprint density at radius 3 is 3.11 bits per heavy atom. The van der Waals surface area contributed by atoms with Crippen molar-refractivity contribution in [1.29, 1.82) is 5.41 Å². The van der Waals surface area contributed by atoms with Crippen LogP contribution in [-0.4, -0.2) is 12.4 Å². The van der Waals surface area contributed by atoms with E-state index in [0.29, 0.717) is 12.3 Å². The van der Waals surface area contributed by atoms with E-state index in [2.05, 4.69) is 18.0 Å². The van der Waals surface area contributed by atoms with Crippen molar-refractivity contribution >= 4 is 30.7 Å². The van der Waals surface area contributed by atoms with Crippen molar-refractivity contribution in [2.45, 2.75) is 19.3 Å². The van der Waals surface area contributed by atoms with Gasteiger partial charge in [-0.15, -0.1) is 0 Å². The molecule has 0 saturated carbocycles. The lowest BCUT2D eigenvalue weighted by molar-refractivity contribution is 0.545. The van der Waals surface area contributed by atoms with E-state index in [0.717, 1.165) is 22.8 Å². The van der Waals surface area contributed by atoms with Crippen LogP contribution in [0.25, 0.3) is 18.2 Å². The fourth-order valence-corrected chi connectivity index (χ4v) is 2.38. The lowest BCUT2D eigenvalue weighted by Gasteiger charge is -2.10. The molecule has 0 spiro atoms. The van der Waals surface area contributed by atoms with E-state index in [-0.39, 0.29) is 0 Å². The van der Waals surface area contributed by atoms with Gasteiger partial charge in [0.1, 0.15) is 11.5 Å². The summed E-state index contributed by atoms with van der Waals surface area (Å²) in [6.07, 6.45) is 13.7. The predicted octanol–water partition coefficient (Wildman–Crippen LogP) is 3.89. The van der Waals surface area contributed by atoms with Crippen LogP contribution in [-0.2, 0) is 0 Å². The zero-order chi connectivity index (χ0) is 12.5. The standard InChI is InChI=1S/C15H14N2O/c1-10-4-5-13-12-9-11(6-7-16)17-8-2-3-14(18-13)15(10)12/h2-5,7-10,16H,6H2,1H3/b3-2?,11-9+,16-7?,17-8?/t10-/m0/s1. The van der Waals surface area contributed by atoms with Gasteiger partial charge in [0.25, 0.3) is 0 Å². The highest BCUT2D eigenvalue weighted by molar-refractivity contribution is 5.84. The van der Waals surface area contributed by atoms with E-state index in [1.54, 1.807) is 6.21 Å². The molecule has 18 heavy (non-hydrogen) atoms. The second-order valence-corrected chi connectivity index (χ2v) is 4.49. The van der Waals surface area contributed by atoms with Crippen molar-refractivity contribution in [3.8, 4) is 0 Å². The molecule has 1 N–H and O–H groups in total. The Morgan fingerprint density at radius 2 is 2.28 bits per heavy atom. The van der Waals surface area contributed by atoms with E-state index < -0.39 is 0 Å². The Balaban J connectivity index is 2.22. The van der Waals surface area contributed by atoms with Crippen molar-refractivity contribution in [1.82, 2.24) is 0 Å². The quantitative estimate of drug-likeness (QED) is 0.781. The smallest absolute Gasteiger partial charge is 0.134 e. The largest absolute Gasteiger partial charge is 0.456 e. The summed E-state index contributed by atoms with van der Waals surface area (Å²) >= 11 is 0. The summed E-state index contributed by atoms with van der Waals surface area (Å²) in [6, 6.07) is 0. The number of nitrogens with one attached hydrogen (secondary N) is 1. The summed E-state index contributed by atoms with van der Waals surface area (Å²) in [6.45, 7) is 2.16. The van der Waals surface area contributed by atoms with Crippen LogP contribution in [0.1, 0.15) is 41.9 Å². The molecule has 4 bridgehead atoms. The number of hydrogen-bond acceptors (Lipinski definition) is 3. The molecule has 0 aromatic carbocycles. The second-order valence-electron chi connectivity index (χ2n) is 4.49. The minimum Gasteiger partial charge on any atom is -0.456 e. The number of rotatable bonds is 2. The molecule has 0 unspecified atom stereocenters. The molecule has 2 aliphatic rings. The maximum absolute atomic E-state index is 7.22. The molecule has 2 heterocycles. The highest BCUT2D eigenvalue weighted by Crippen LogP contribution is 2.38. The van der Waals surface area contributed by atoms with Crippen molar-refractivity contribution in [2.75, 3.05) is 0 Å². The summed E-state index contributed by atoms with van der Waals surface area (Å²) in [5, 5.41) is 7.22. The van der Waals surface area contributed by atoms with Gasteiger partial charge >= 0.3 is 0 Å². The van der Waals surface area contributed by atoms with Crippen LogP contribution in [0.2, 0.25) is 0 Å².